The molecule has 0 spiro atoms. The molecule has 3 heterocycles. The van der Waals surface area contributed by atoms with Gasteiger partial charge in [-0.15, -0.1) is 11.6 Å². The van der Waals surface area contributed by atoms with Gasteiger partial charge in [0.2, 0.25) is 0 Å². The fraction of sp³-hybridized carbons (Fsp3) is 0.346. The zero-order chi connectivity index (χ0) is 29.1. The average Bonchev–Trinajstić information content (AvgIpc) is 3.37. The first-order valence-electron chi connectivity index (χ1n) is 12.8. The van der Waals surface area contributed by atoms with E-state index in [0.29, 0.717) is 17.3 Å². The summed E-state index contributed by atoms with van der Waals surface area (Å²) in [6.07, 6.45) is 1.78. The van der Waals surface area contributed by atoms with Gasteiger partial charge in [-0.25, -0.2) is 27.3 Å². The van der Waals surface area contributed by atoms with Crippen LogP contribution >= 0.6 is 23.4 Å². The van der Waals surface area contributed by atoms with E-state index >= 15 is 4.39 Å². The van der Waals surface area contributed by atoms with Crippen molar-refractivity contribution in [2.75, 3.05) is 50.0 Å². The van der Waals surface area contributed by atoms with Crippen LogP contribution in [0.15, 0.2) is 51.5 Å². The van der Waals surface area contributed by atoms with Gasteiger partial charge in [-0.2, -0.15) is 0 Å². The van der Waals surface area contributed by atoms with Crippen LogP contribution in [0.1, 0.15) is 12.2 Å². The van der Waals surface area contributed by atoms with Gasteiger partial charge < -0.3 is 15.4 Å². The molecule has 2 aliphatic heterocycles. The highest BCUT2D eigenvalue weighted by Gasteiger charge is 2.28. The number of carbonyl (C=O) groups is 1. The Morgan fingerprint density at radius 3 is 2.66 bits per heavy atom. The number of ether oxygens (including phenoxy) is 1. The van der Waals surface area contributed by atoms with Crippen molar-refractivity contribution < 1.29 is 22.3 Å². The number of nitrogens with zero attached hydrogens (tertiary/aromatic N) is 3. The summed E-state index contributed by atoms with van der Waals surface area (Å²) in [6.45, 7) is 6.46. The summed E-state index contributed by atoms with van der Waals surface area (Å²) in [6, 6.07) is 7.84. The van der Waals surface area contributed by atoms with Crippen LogP contribution in [0.2, 0.25) is 0 Å². The van der Waals surface area contributed by atoms with Crippen LogP contribution in [0.5, 0.6) is 0 Å². The fourth-order valence-corrected chi connectivity index (χ4v) is 7.42. The van der Waals surface area contributed by atoms with E-state index in [1.807, 2.05) is 4.72 Å². The molecule has 1 atom stereocenters. The summed E-state index contributed by atoms with van der Waals surface area (Å²) in [5.74, 6) is -0.534. The minimum absolute atomic E-state index is 0.00512. The Morgan fingerprint density at radius 2 is 1.95 bits per heavy atom. The van der Waals surface area contributed by atoms with Crippen LogP contribution < -0.4 is 20.9 Å². The van der Waals surface area contributed by atoms with Gasteiger partial charge in [0, 0.05) is 37.6 Å². The second kappa shape index (κ2) is 12.4. The monoisotopic (exact) mass is 622 g/mol. The normalized spacial score (nSPS) is 17.8. The summed E-state index contributed by atoms with van der Waals surface area (Å²) < 4.78 is 47.8. The molecular weight excluding hydrogens is 595 g/mol. The van der Waals surface area contributed by atoms with Gasteiger partial charge in [0.1, 0.15) is 15.9 Å². The Bertz CT molecular complexity index is 1680. The molecule has 1 unspecified atom stereocenters. The number of morpholine rings is 1. The number of anilines is 2. The van der Waals surface area contributed by atoms with Crippen LogP contribution in [0, 0.1) is 12.7 Å². The number of hydrogen-bond donors (Lipinski definition) is 3. The molecule has 0 radical (unpaired) electrons. The Morgan fingerprint density at radius 1 is 1.20 bits per heavy atom. The highest BCUT2D eigenvalue weighted by molar-refractivity contribution is 8.19. The maximum Gasteiger partial charge on any atom is 0.333 e. The second-order valence-electron chi connectivity index (χ2n) is 9.42. The number of thioether (sulfide) groups is 1. The lowest BCUT2D eigenvalue weighted by Crippen LogP contribution is -2.39. The first-order valence-corrected chi connectivity index (χ1v) is 15.6. The number of hydrogen-bond acceptors (Lipinski definition) is 9. The van der Waals surface area contributed by atoms with E-state index in [4.69, 9.17) is 16.3 Å². The summed E-state index contributed by atoms with van der Waals surface area (Å²) >= 11 is 6.83. The molecule has 1 aromatic heterocycles. The molecule has 2 aliphatic rings. The number of urea groups is 1. The largest absolute Gasteiger partial charge is 0.384 e. The van der Waals surface area contributed by atoms with Crippen molar-refractivity contribution in [1.29, 1.82) is 0 Å². The van der Waals surface area contributed by atoms with Crippen LogP contribution in [-0.2, 0) is 14.8 Å². The number of sulfonamides is 1. The SMILES string of the molecule is Cc1nc2cc(NCCN3CCOCC3)ccc2c(=O)n1-c1ccc(NC(=O)NS(=O)(=O)C2=CCC(Cl)S2)cc1F. The molecular formula is C26H28ClFN6O5S2. The molecule has 1 saturated heterocycles. The van der Waals surface area contributed by atoms with E-state index in [2.05, 4.69) is 20.5 Å². The number of aryl methyl sites for hydroxylation is 1. The van der Waals surface area contributed by atoms with E-state index in [0.717, 1.165) is 67.5 Å². The maximum absolute atomic E-state index is 15.2. The van der Waals surface area contributed by atoms with E-state index in [1.54, 1.807) is 25.1 Å². The van der Waals surface area contributed by atoms with Crippen molar-refractivity contribution in [2.45, 2.75) is 18.1 Å². The number of amides is 2. The molecule has 1 fully saturated rings. The van der Waals surface area contributed by atoms with Crippen LogP contribution in [-0.4, -0.2) is 73.0 Å². The van der Waals surface area contributed by atoms with E-state index in [1.165, 1.54) is 18.2 Å². The van der Waals surface area contributed by atoms with E-state index in [-0.39, 0.29) is 21.4 Å². The van der Waals surface area contributed by atoms with Gasteiger partial charge in [0.15, 0.2) is 0 Å². The molecule has 0 bridgehead atoms. The number of alkyl halides is 1. The number of aromatic nitrogens is 2. The molecule has 3 N–H and O–H groups in total. The molecule has 0 saturated carbocycles. The third-order valence-electron chi connectivity index (χ3n) is 6.55. The molecule has 5 rings (SSSR count). The van der Waals surface area contributed by atoms with Crippen molar-refractivity contribution in [2.24, 2.45) is 0 Å². The smallest absolute Gasteiger partial charge is 0.333 e. The van der Waals surface area contributed by atoms with Crippen LogP contribution in [0.3, 0.4) is 0 Å². The molecule has 2 amide bonds. The topological polar surface area (TPSA) is 135 Å². The Balaban J connectivity index is 1.29. The fourth-order valence-electron chi connectivity index (χ4n) is 4.55. The maximum atomic E-state index is 15.2. The standard InChI is InChI=1S/C26H28ClFN6O5S2/c1-16-30-21-15-17(29-8-9-33-10-12-39-13-11-33)2-4-19(21)25(35)34(16)22-5-3-18(14-20(22)28)31-26(36)32-41(37,38)24-7-6-23(27)40-24/h2-5,7,14-15,23,29H,6,8-13H2,1H3,(H2,31,32,36). The number of carbonyl (C=O) groups excluding carboxylic acids is 1. The molecule has 2 aromatic carbocycles. The Kier molecular flexibility index (Phi) is 8.85. The first-order chi connectivity index (χ1) is 19.6. The Labute approximate surface area is 245 Å². The third-order valence-corrected chi connectivity index (χ3v) is 9.94. The molecule has 3 aromatic rings. The second-order valence-corrected chi connectivity index (χ2v) is 13.4. The van der Waals surface area contributed by atoms with Gasteiger partial charge in [-0.3, -0.25) is 14.3 Å². The lowest BCUT2D eigenvalue weighted by Gasteiger charge is -2.26. The van der Waals surface area contributed by atoms with Gasteiger partial charge in [-0.05, 0) is 49.7 Å². The van der Waals surface area contributed by atoms with Crippen molar-refractivity contribution in [3.8, 4) is 5.69 Å². The summed E-state index contributed by atoms with van der Waals surface area (Å²) in [5.41, 5.74) is 0.786. The number of halogens is 2. The lowest BCUT2D eigenvalue weighted by atomic mass is 10.2. The van der Waals surface area contributed by atoms with E-state index in [9.17, 15) is 18.0 Å². The van der Waals surface area contributed by atoms with E-state index < -0.39 is 32.1 Å². The van der Waals surface area contributed by atoms with Crippen molar-refractivity contribution in [3.05, 3.63) is 68.7 Å². The summed E-state index contributed by atoms with van der Waals surface area (Å²) in [4.78, 5) is 32.5. The predicted octanol–water partition coefficient (Wildman–Crippen LogP) is 3.57. The molecule has 0 aliphatic carbocycles. The van der Waals surface area contributed by atoms with Gasteiger partial charge >= 0.3 is 6.03 Å². The van der Waals surface area contributed by atoms with Crippen LogP contribution in [0.25, 0.3) is 16.6 Å². The summed E-state index contributed by atoms with van der Waals surface area (Å²) in [7, 11) is -4.10. The first kappa shape index (κ1) is 29.3. The minimum atomic E-state index is -4.10. The highest BCUT2D eigenvalue weighted by Crippen LogP contribution is 2.37. The predicted molar refractivity (Wildman–Crippen MR) is 159 cm³/mol. The molecule has 11 nitrogen and oxygen atoms in total. The van der Waals surface area contributed by atoms with Gasteiger partial charge in [-0.1, -0.05) is 17.8 Å². The average molecular weight is 623 g/mol. The van der Waals surface area contributed by atoms with Gasteiger partial charge in [0.25, 0.3) is 15.6 Å². The lowest BCUT2D eigenvalue weighted by molar-refractivity contribution is 0.0398. The molecule has 41 heavy (non-hydrogen) atoms. The number of rotatable bonds is 8. The van der Waals surface area contributed by atoms with Gasteiger partial charge in [0.05, 0.1) is 34.5 Å². The van der Waals surface area contributed by atoms with Crippen molar-refractivity contribution in [1.82, 2.24) is 19.2 Å². The number of fused-ring (bicyclic) bond motifs is 1. The quantitative estimate of drug-likeness (QED) is 0.322. The van der Waals surface area contributed by atoms with Crippen LogP contribution in [0.4, 0.5) is 20.6 Å². The Hall–Kier alpha value is -3.17. The number of allylic oxidation sites excluding steroid dienone is 1. The number of nitrogens with one attached hydrogen (secondary N) is 3. The zero-order valence-corrected chi connectivity index (χ0v) is 24.4. The van der Waals surface area contributed by atoms with Crippen molar-refractivity contribution >= 4 is 61.7 Å². The zero-order valence-electron chi connectivity index (χ0n) is 22.0. The third kappa shape index (κ3) is 6.84. The molecule has 218 valence electrons. The highest BCUT2D eigenvalue weighted by atomic mass is 35.5. The number of benzene rings is 2. The summed E-state index contributed by atoms with van der Waals surface area (Å²) in [5, 5.41) is 5.97. The van der Waals surface area contributed by atoms with Crippen molar-refractivity contribution in [3.63, 3.8) is 0 Å². The molecule has 15 heteroatoms. The minimum Gasteiger partial charge on any atom is -0.384 e.